The van der Waals surface area contributed by atoms with Crippen LogP contribution in [0.1, 0.15) is 51.0 Å². The van der Waals surface area contributed by atoms with Crippen LogP contribution in [0.5, 0.6) is 0 Å². The normalized spacial score (nSPS) is 24.8. The van der Waals surface area contributed by atoms with Crippen LogP contribution in [0.15, 0.2) is 30.3 Å². The van der Waals surface area contributed by atoms with Gasteiger partial charge in [0.05, 0.1) is 0 Å². The predicted molar refractivity (Wildman–Crippen MR) is 79.0 cm³/mol. The average molecular weight is 259 g/mol. The standard InChI is InChI=1S/C17H25NO/c1-12(7-6-8-13(2)18)17(19)16-11-15(16)14-9-4-3-5-10-14/h3-5,9-10,12-13,15-16H,6-8,11,18H2,1-2H3. The predicted octanol–water partition coefficient (Wildman–Crippen LogP) is 3.51. The fourth-order valence-electron chi connectivity index (χ4n) is 2.83. The Balaban J connectivity index is 1.79. The van der Waals surface area contributed by atoms with Gasteiger partial charge in [0.25, 0.3) is 0 Å². The molecular weight excluding hydrogens is 234 g/mol. The molecule has 2 heteroatoms. The Bertz CT molecular complexity index is 413. The Morgan fingerprint density at radius 3 is 2.58 bits per heavy atom. The molecule has 1 aromatic carbocycles. The Labute approximate surface area is 116 Å². The zero-order valence-electron chi connectivity index (χ0n) is 12.0. The molecular formula is C17H25NO. The van der Waals surface area contributed by atoms with Gasteiger partial charge >= 0.3 is 0 Å². The molecule has 0 aliphatic heterocycles. The van der Waals surface area contributed by atoms with Crippen molar-refractivity contribution in [2.24, 2.45) is 17.6 Å². The molecule has 1 aromatic rings. The van der Waals surface area contributed by atoms with Crippen molar-refractivity contribution in [1.29, 1.82) is 0 Å². The highest BCUT2D eigenvalue weighted by molar-refractivity contribution is 5.86. The molecule has 0 saturated heterocycles. The second-order valence-corrected chi connectivity index (χ2v) is 6.07. The van der Waals surface area contributed by atoms with Crippen LogP contribution in [0.4, 0.5) is 0 Å². The molecule has 0 radical (unpaired) electrons. The Morgan fingerprint density at radius 2 is 1.95 bits per heavy atom. The molecule has 2 rings (SSSR count). The van der Waals surface area contributed by atoms with E-state index in [2.05, 4.69) is 31.2 Å². The molecule has 0 aromatic heterocycles. The van der Waals surface area contributed by atoms with Gasteiger partial charge in [-0.1, -0.05) is 43.7 Å². The van der Waals surface area contributed by atoms with E-state index >= 15 is 0 Å². The van der Waals surface area contributed by atoms with E-state index in [1.807, 2.05) is 13.0 Å². The molecule has 0 heterocycles. The van der Waals surface area contributed by atoms with Crippen molar-refractivity contribution in [2.75, 3.05) is 0 Å². The molecule has 0 spiro atoms. The van der Waals surface area contributed by atoms with Gasteiger partial charge in [0.15, 0.2) is 0 Å². The van der Waals surface area contributed by atoms with E-state index in [1.54, 1.807) is 0 Å². The number of carbonyl (C=O) groups is 1. The second-order valence-electron chi connectivity index (χ2n) is 6.07. The topological polar surface area (TPSA) is 43.1 Å². The van der Waals surface area contributed by atoms with Gasteiger partial charge in [-0.2, -0.15) is 0 Å². The third kappa shape index (κ3) is 3.90. The van der Waals surface area contributed by atoms with Gasteiger partial charge in [-0.15, -0.1) is 0 Å². The molecule has 1 saturated carbocycles. The zero-order valence-corrected chi connectivity index (χ0v) is 12.0. The molecule has 2 nitrogen and oxygen atoms in total. The molecule has 0 amide bonds. The smallest absolute Gasteiger partial charge is 0.139 e. The highest BCUT2D eigenvalue weighted by atomic mass is 16.1. The summed E-state index contributed by atoms with van der Waals surface area (Å²) in [5.41, 5.74) is 7.06. The van der Waals surface area contributed by atoms with Gasteiger partial charge < -0.3 is 5.73 Å². The second kappa shape index (κ2) is 6.33. The molecule has 2 N–H and O–H groups in total. The first kappa shape index (κ1) is 14.3. The van der Waals surface area contributed by atoms with Gasteiger partial charge in [-0.3, -0.25) is 4.79 Å². The van der Waals surface area contributed by atoms with Crippen LogP contribution in [0.2, 0.25) is 0 Å². The van der Waals surface area contributed by atoms with Crippen LogP contribution in [-0.2, 0) is 4.79 Å². The minimum absolute atomic E-state index is 0.192. The summed E-state index contributed by atoms with van der Waals surface area (Å²) in [5.74, 6) is 1.40. The summed E-state index contributed by atoms with van der Waals surface area (Å²) in [6.45, 7) is 4.10. The maximum absolute atomic E-state index is 12.3. The summed E-state index contributed by atoms with van der Waals surface area (Å²) < 4.78 is 0. The van der Waals surface area contributed by atoms with Crippen molar-refractivity contribution in [1.82, 2.24) is 0 Å². The lowest BCUT2D eigenvalue weighted by molar-refractivity contribution is -0.123. The molecule has 0 bridgehead atoms. The summed E-state index contributed by atoms with van der Waals surface area (Å²) in [5, 5.41) is 0. The maximum atomic E-state index is 12.3. The number of ketones is 1. The molecule has 4 unspecified atom stereocenters. The van der Waals surface area contributed by atoms with Crippen molar-refractivity contribution < 1.29 is 4.79 Å². The molecule has 4 atom stereocenters. The van der Waals surface area contributed by atoms with Gasteiger partial charge in [0.2, 0.25) is 0 Å². The minimum Gasteiger partial charge on any atom is -0.328 e. The molecule has 104 valence electrons. The summed E-state index contributed by atoms with van der Waals surface area (Å²) in [7, 11) is 0. The molecule has 1 aliphatic rings. The lowest BCUT2D eigenvalue weighted by Gasteiger charge is -2.11. The highest BCUT2D eigenvalue weighted by Crippen LogP contribution is 2.49. The van der Waals surface area contributed by atoms with E-state index in [1.165, 1.54) is 5.56 Å². The van der Waals surface area contributed by atoms with Gasteiger partial charge in [0.1, 0.15) is 5.78 Å². The number of benzene rings is 1. The van der Waals surface area contributed by atoms with Crippen molar-refractivity contribution in [3.05, 3.63) is 35.9 Å². The Morgan fingerprint density at radius 1 is 1.26 bits per heavy atom. The quantitative estimate of drug-likeness (QED) is 0.814. The van der Waals surface area contributed by atoms with Crippen LogP contribution in [0.25, 0.3) is 0 Å². The summed E-state index contributed by atoms with van der Waals surface area (Å²) in [6, 6.07) is 10.7. The number of Topliss-reactive ketones (excluding diaryl/α,β-unsaturated/α-hetero) is 1. The number of rotatable bonds is 7. The fourth-order valence-corrected chi connectivity index (χ4v) is 2.83. The third-order valence-corrected chi connectivity index (χ3v) is 4.17. The Kier molecular flexibility index (Phi) is 4.76. The van der Waals surface area contributed by atoms with Crippen molar-refractivity contribution in [2.45, 2.75) is 51.5 Å². The van der Waals surface area contributed by atoms with E-state index in [0.29, 0.717) is 11.7 Å². The van der Waals surface area contributed by atoms with Crippen LogP contribution >= 0.6 is 0 Å². The first-order valence-corrected chi connectivity index (χ1v) is 7.44. The molecule has 1 fully saturated rings. The van der Waals surface area contributed by atoms with E-state index in [4.69, 9.17) is 5.73 Å². The lowest BCUT2D eigenvalue weighted by atomic mass is 9.94. The largest absolute Gasteiger partial charge is 0.328 e. The summed E-state index contributed by atoms with van der Waals surface area (Å²) in [4.78, 5) is 12.3. The van der Waals surface area contributed by atoms with E-state index < -0.39 is 0 Å². The van der Waals surface area contributed by atoms with Crippen LogP contribution in [0.3, 0.4) is 0 Å². The lowest BCUT2D eigenvalue weighted by Crippen LogP contribution is -2.17. The van der Waals surface area contributed by atoms with Crippen molar-refractivity contribution in [3.8, 4) is 0 Å². The number of hydrogen-bond donors (Lipinski definition) is 1. The van der Waals surface area contributed by atoms with Gasteiger partial charge in [0, 0.05) is 17.9 Å². The third-order valence-electron chi connectivity index (χ3n) is 4.17. The monoisotopic (exact) mass is 259 g/mol. The highest BCUT2D eigenvalue weighted by Gasteiger charge is 2.44. The summed E-state index contributed by atoms with van der Waals surface area (Å²) >= 11 is 0. The van der Waals surface area contributed by atoms with Crippen LogP contribution in [-0.4, -0.2) is 11.8 Å². The van der Waals surface area contributed by atoms with Crippen molar-refractivity contribution >= 4 is 5.78 Å². The first-order chi connectivity index (χ1) is 9.09. The van der Waals surface area contributed by atoms with Gasteiger partial charge in [-0.05, 0) is 37.7 Å². The number of hydrogen-bond acceptors (Lipinski definition) is 2. The summed E-state index contributed by atoms with van der Waals surface area (Å²) in [6.07, 6.45) is 4.11. The van der Waals surface area contributed by atoms with Gasteiger partial charge in [-0.25, -0.2) is 0 Å². The SMILES string of the molecule is CC(N)CCCC(C)C(=O)C1CC1c1ccccc1. The van der Waals surface area contributed by atoms with Crippen LogP contribution in [0, 0.1) is 11.8 Å². The fraction of sp³-hybridized carbons (Fsp3) is 0.588. The van der Waals surface area contributed by atoms with Crippen LogP contribution < -0.4 is 5.73 Å². The average Bonchev–Trinajstić information content (AvgIpc) is 3.18. The number of nitrogens with two attached hydrogens (primary N) is 1. The van der Waals surface area contributed by atoms with Crippen molar-refractivity contribution in [3.63, 3.8) is 0 Å². The molecule has 19 heavy (non-hydrogen) atoms. The first-order valence-electron chi connectivity index (χ1n) is 7.44. The van der Waals surface area contributed by atoms with E-state index in [0.717, 1.165) is 25.7 Å². The minimum atomic E-state index is 0.192. The Hall–Kier alpha value is -1.15. The maximum Gasteiger partial charge on any atom is 0.139 e. The number of carbonyl (C=O) groups excluding carboxylic acids is 1. The van der Waals surface area contributed by atoms with E-state index in [9.17, 15) is 4.79 Å². The molecule has 1 aliphatic carbocycles. The zero-order chi connectivity index (χ0) is 13.8. The van der Waals surface area contributed by atoms with E-state index in [-0.39, 0.29) is 17.9 Å².